The summed E-state index contributed by atoms with van der Waals surface area (Å²) < 4.78 is 5.79. The molecule has 0 aliphatic heterocycles. The standard InChI is InChI=1S/C13H19NO/c1-13(7-3-2-4-8-13)11-15-12-6-5-9-14-10-12/h5-6,9-10H,2-4,7-8,11H2,1H3. The number of hydrogen-bond acceptors (Lipinski definition) is 2. The highest BCUT2D eigenvalue weighted by Crippen LogP contribution is 2.35. The van der Waals surface area contributed by atoms with Gasteiger partial charge < -0.3 is 4.74 Å². The summed E-state index contributed by atoms with van der Waals surface area (Å²) in [6.45, 7) is 3.17. The monoisotopic (exact) mass is 205 g/mol. The summed E-state index contributed by atoms with van der Waals surface area (Å²) in [7, 11) is 0. The summed E-state index contributed by atoms with van der Waals surface area (Å²) in [5.74, 6) is 0.893. The first-order chi connectivity index (χ1) is 7.29. The van der Waals surface area contributed by atoms with Crippen molar-refractivity contribution in [3.8, 4) is 5.75 Å². The predicted octanol–water partition coefficient (Wildman–Crippen LogP) is 3.43. The second kappa shape index (κ2) is 4.65. The molecule has 2 heteroatoms. The van der Waals surface area contributed by atoms with E-state index < -0.39 is 0 Å². The number of hydrogen-bond donors (Lipinski definition) is 0. The van der Waals surface area contributed by atoms with Crippen LogP contribution in [0.15, 0.2) is 24.5 Å². The van der Waals surface area contributed by atoms with E-state index in [4.69, 9.17) is 4.74 Å². The Hall–Kier alpha value is -1.05. The number of pyridine rings is 1. The van der Waals surface area contributed by atoms with Crippen LogP contribution in [0, 0.1) is 5.41 Å². The maximum absolute atomic E-state index is 5.79. The summed E-state index contributed by atoms with van der Waals surface area (Å²) in [5, 5.41) is 0. The number of rotatable bonds is 3. The van der Waals surface area contributed by atoms with Crippen LogP contribution < -0.4 is 4.74 Å². The molecular weight excluding hydrogens is 186 g/mol. The average molecular weight is 205 g/mol. The van der Waals surface area contributed by atoms with E-state index >= 15 is 0 Å². The summed E-state index contributed by atoms with van der Waals surface area (Å²) in [6.07, 6.45) is 10.3. The molecule has 0 amide bonds. The van der Waals surface area contributed by atoms with Crippen LogP contribution in [-0.4, -0.2) is 11.6 Å². The number of nitrogens with zero attached hydrogens (tertiary/aromatic N) is 1. The Kier molecular flexibility index (Phi) is 3.24. The van der Waals surface area contributed by atoms with E-state index in [0.29, 0.717) is 5.41 Å². The Morgan fingerprint density at radius 1 is 1.33 bits per heavy atom. The molecule has 0 saturated heterocycles. The number of ether oxygens (including phenoxy) is 1. The molecule has 0 aromatic carbocycles. The summed E-state index contributed by atoms with van der Waals surface area (Å²) in [6, 6.07) is 3.89. The molecule has 2 nitrogen and oxygen atoms in total. The van der Waals surface area contributed by atoms with Crippen molar-refractivity contribution >= 4 is 0 Å². The quantitative estimate of drug-likeness (QED) is 0.754. The van der Waals surface area contributed by atoms with Gasteiger partial charge in [-0.25, -0.2) is 0 Å². The predicted molar refractivity (Wildman–Crippen MR) is 60.9 cm³/mol. The molecule has 0 spiro atoms. The molecule has 0 atom stereocenters. The van der Waals surface area contributed by atoms with Crippen molar-refractivity contribution in [2.75, 3.05) is 6.61 Å². The first-order valence-corrected chi connectivity index (χ1v) is 5.81. The van der Waals surface area contributed by atoms with E-state index in [9.17, 15) is 0 Å². The molecule has 0 N–H and O–H groups in total. The van der Waals surface area contributed by atoms with E-state index in [1.54, 1.807) is 12.4 Å². The van der Waals surface area contributed by atoms with Gasteiger partial charge in [-0.2, -0.15) is 0 Å². The molecule has 0 radical (unpaired) electrons. The first kappa shape index (κ1) is 10.5. The van der Waals surface area contributed by atoms with Crippen LogP contribution in [0.3, 0.4) is 0 Å². The highest BCUT2D eigenvalue weighted by molar-refractivity contribution is 5.15. The fourth-order valence-electron chi connectivity index (χ4n) is 2.24. The zero-order valence-corrected chi connectivity index (χ0v) is 9.41. The van der Waals surface area contributed by atoms with Crippen LogP contribution in [0.1, 0.15) is 39.0 Å². The molecule has 0 bridgehead atoms. The molecule has 1 aliphatic rings. The van der Waals surface area contributed by atoms with Crippen molar-refractivity contribution < 1.29 is 4.74 Å². The van der Waals surface area contributed by atoms with E-state index in [1.165, 1.54) is 32.1 Å². The van der Waals surface area contributed by atoms with Crippen LogP contribution in [0.5, 0.6) is 5.75 Å². The molecular formula is C13H19NO. The number of aromatic nitrogens is 1. The second-order valence-electron chi connectivity index (χ2n) is 4.85. The van der Waals surface area contributed by atoms with E-state index in [1.807, 2.05) is 12.1 Å². The lowest BCUT2D eigenvalue weighted by atomic mass is 9.76. The molecule has 1 saturated carbocycles. The van der Waals surface area contributed by atoms with E-state index in [0.717, 1.165) is 12.4 Å². The molecule has 2 rings (SSSR count). The maximum Gasteiger partial charge on any atom is 0.137 e. The van der Waals surface area contributed by atoms with Gasteiger partial charge in [0, 0.05) is 11.6 Å². The minimum atomic E-state index is 0.383. The maximum atomic E-state index is 5.79. The molecule has 15 heavy (non-hydrogen) atoms. The Morgan fingerprint density at radius 3 is 2.80 bits per heavy atom. The van der Waals surface area contributed by atoms with Crippen molar-refractivity contribution in [2.45, 2.75) is 39.0 Å². The van der Waals surface area contributed by atoms with E-state index in [2.05, 4.69) is 11.9 Å². The third-order valence-corrected chi connectivity index (χ3v) is 3.28. The van der Waals surface area contributed by atoms with Gasteiger partial charge in [0.05, 0.1) is 12.8 Å². The van der Waals surface area contributed by atoms with Crippen molar-refractivity contribution in [1.82, 2.24) is 4.98 Å². The third kappa shape index (κ3) is 2.95. The third-order valence-electron chi connectivity index (χ3n) is 3.28. The van der Waals surface area contributed by atoms with Crippen molar-refractivity contribution in [3.63, 3.8) is 0 Å². The van der Waals surface area contributed by atoms with Crippen molar-refractivity contribution in [2.24, 2.45) is 5.41 Å². The van der Waals surface area contributed by atoms with Gasteiger partial charge in [-0.15, -0.1) is 0 Å². The zero-order chi connectivity index (χ0) is 10.6. The summed E-state index contributed by atoms with van der Waals surface area (Å²) >= 11 is 0. The van der Waals surface area contributed by atoms with Crippen LogP contribution in [0.2, 0.25) is 0 Å². The van der Waals surface area contributed by atoms with Gasteiger partial charge in [0.15, 0.2) is 0 Å². The molecule has 1 heterocycles. The molecule has 1 aromatic heterocycles. The van der Waals surface area contributed by atoms with Crippen LogP contribution in [0.4, 0.5) is 0 Å². The minimum Gasteiger partial charge on any atom is -0.491 e. The lowest BCUT2D eigenvalue weighted by molar-refractivity contribution is 0.116. The summed E-state index contributed by atoms with van der Waals surface area (Å²) in [4.78, 5) is 4.05. The molecule has 0 unspecified atom stereocenters. The zero-order valence-electron chi connectivity index (χ0n) is 9.41. The molecule has 1 fully saturated rings. The first-order valence-electron chi connectivity index (χ1n) is 5.81. The lowest BCUT2D eigenvalue weighted by Gasteiger charge is -2.33. The van der Waals surface area contributed by atoms with Gasteiger partial charge in [-0.3, -0.25) is 4.98 Å². The van der Waals surface area contributed by atoms with Crippen molar-refractivity contribution in [1.29, 1.82) is 0 Å². The Labute approximate surface area is 91.7 Å². The largest absolute Gasteiger partial charge is 0.491 e. The Bertz CT molecular complexity index is 291. The highest BCUT2D eigenvalue weighted by atomic mass is 16.5. The van der Waals surface area contributed by atoms with Crippen LogP contribution >= 0.6 is 0 Å². The van der Waals surface area contributed by atoms with Gasteiger partial charge in [-0.1, -0.05) is 26.2 Å². The smallest absolute Gasteiger partial charge is 0.137 e. The van der Waals surface area contributed by atoms with Gasteiger partial charge >= 0.3 is 0 Å². The van der Waals surface area contributed by atoms with Gasteiger partial charge in [0.1, 0.15) is 5.75 Å². The van der Waals surface area contributed by atoms with Crippen molar-refractivity contribution in [3.05, 3.63) is 24.5 Å². The SMILES string of the molecule is CC1(COc2cccnc2)CCCCC1. The van der Waals surface area contributed by atoms with Gasteiger partial charge in [0.2, 0.25) is 0 Å². The highest BCUT2D eigenvalue weighted by Gasteiger charge is 2.27. The van der Waals surface area contributed by atoms with Gasteiger partial charge in [-0.05, 0) is 25.0 Å². The molecule has 82 valence electrons. The Morgan fingerprint density at radius 2 is 2.13 bits per heavy atom. The van der Waals surface area contributed by atoms with Gasteiger partial charge in [0.25, 0.3) is 0 Å². The lowest BCUT2D eigenvalue weighted by Crippen LogP contribution is -2.27. The van der Waals surface area contributed by atoms with E-state index in [-0.39, 0.29) is 0 Å². The topological polar surface area (TPSA) is 22.1 Å². The summed E-state index contributed by atoms with van der Waals surface area (Å²) in [5.41, 5.74) is 0.383. The second-order valence-corrected chi connectivity index (χ2v) is 4.85. The Balaban J connectivity index is 1.87. The molecule has 1 aliphatic carbocycles. The average Bonchev–Trinajstić information content (AvgIpc) is 2.29. The minimum absolute atomic E-state index is 0.383. The fraction of sp³-hybridized carbons (Fsp3) is 0.615. The van der Waals surface area contributed by atoms with Crippen LogP contribution in [0.25, 0.3) is 0 Å². The van der Waals surface area contributed by atoms with Crippen LogP contribution in [-0.2, 0) is 0 Å². The normalized spacial score (nSPS) is 19.8. The molecule has 1 aromatic rings. The fourth-order valence-corrected chi connectivity index (χ4v) is 2.24.